The van der Waals surface area contributed by atoms with Gasteiger partial charge in [-0.05, 0) is 62.2 Å². The zero-order valence-corrected chi connectivity index (χ0v) is 33.8. The van der Waals surface area contributed by atoms with E-state index in [9.17, 15) is 0 Å². The van der Waals surface area contributed by atoms with Crippen LogP contribution >= 0.6 is 0 Å². The van der Waals surface area contributed by atoms with Crippen molar-refractivity contribution < 1.29 is 0 Å². The minimum absolute atomic E-state index is 0.378. The van der Waals surface area contributed by atoms with Gasteiger partial charge in [-0.2, -0.15) is 0 Å². The molecule has 47 heavy (non-hydrogen) atoms. The monoisotopic (exact) mass is 660 g/mol. The van der Waals surface area contributed by atoms with Gasteiger partial charge in [-0.1, -0.05) is 161 Å². The summed E-state index contributed by atoms with van der Waals surface area (Å²) < 4.78 is 0. The molecule has 0 unspecified atom stereocenters. The predicted octanol–water partition coefficient (Wildman–Crippen LogP) is 13.4. The lowest BCUT2D eigenvalue weighted by Crippen LogP contribution is -2.47. The van der Waals surface area contributed by atoms with Crippen LogP contribution in [0.1, 0.15) is 124 Å². The molecular weight excluding hydrogens is 601 g/mol. The quantitative estimate of drug-likeness (QED) is 0.215. The van der Waals surface area contributed by atoms with Crippen molar-refractivity contribution in [3.63, 3.8) is 0 Å². The second-order valence-corrected chi connectivity index (χ2v) is 28.7. The highest BCUT2D eigenvalue weighted by atomic mass is 28.4. The van der Waals surface area contributed by atoms with Crippen molar-refractivity contribution >= 4 is 38.8 Å². The Morgan fingerprint density at radius 3 is 1.55 bits per heavy atom. The van der Waals surface area contributed by atoms with Gasteiger partial charge in [-0.3, -0.25) is 0 Å². The molecule has 0 spiro atoms. The summed E-state index contributed by atoms with van der Waals surface area (Å²) in [4.78, 5) is 5.78. The highest BCUT2D eigenvalue weighted by molar-refractivity contribution is 6.96. The molecule has 0 radical (unpaired) electrons. The molecule has 1 atom stereocenters. The van der Waals surface area contributed by atoms with Crippen molar-refractivity contribution in [2.75, 3.05) is 5.32 Å². The number of nitrogens with one attached hydrogen (secondary N) is 1. The number of allylic oxidation sites excluding steroid dienone is 4. The zero-order chi connectivity index (χ0) is 34.6. The molecule has 0 aliphatic heterocycles. The molecule has 2 aliphatic carbocycles. The van der Waals surface area contributed by atoms with Crippen LogP contribution in [0, 0.1) is 0 Å². The van der Waals surface area contributed by atoms with Crippen LogP contribution in [-0.2, 0) is 0 Å². The van der Waals surface area contributed by atoms with Gasteiger partial charge in [0.1, 0.15) is 0 Å². The van der Waals surface area contributed by atoms with Crippen LogP contribution in [0.4, 0.5) is 11.4 Å². The molecule has 2 nitrogen and oxygen atoms in total. The van der Waals surface area contributed by atoms with Gasteiger partial charge in [0.2, 0.25) is 0 Å². The van der Waals surface area contributed by atoms with E-state index < -0.39 is 16.1 Å². The number of para-hydroxylation sites is 2. The lowest BCUT2D eigenvalue weighted by molar-refractivity contribution is 0.834. The van der Waals surface area contributed by atoms with Crippen LogP contribution < -0.4 is 5.32 Å². The van der Waals surface area contributed by atoms with Gasteiger partial charge < -0.3 is 5.32 Å². The Labute approximate surface area is 288 Å². The lowest BCUT2D eigenvalue weighted by atomic mass is 9.85. The molecule has 0 saturated heterocycles. The van der Waals surface area contributed by atoms with Crippen molar-refractivity contribution in [2.24, 2.45) is 4.99 Å². The van der Waals surface area contributed by atoms with E-state index in [0.717, 1.165) is 22.3 Å². The molecule has 3 aromatic rings. The van der Waals surface area contributed by atoms with Gasteiger partial charge in [-0.15, -0.1) is 0 Å². The third-order valence-electron chi connectivity index (χ3n) is 10.4. The average molecular weight is 661 g/mol. The Hall–Kier alpha value is -2.96. The molecule has 4 heteroatoms. The van der Waals surface area contributed by atoms with E-state index in [4.69, 9.17) is 4.99 Å². The molecule has 0 amide bonds. The Morgan fingerprint density at radius 2 is 1.09 bits per heavy atom. The highest BCUT2D eigenvalue weighted by Gasteiger charge is 2.45. The van der Waals surface area contributed by atoms with Gasteiger partial charge >= 0.3 is 0 Å². The number of hydrogen-bond acceptors (Lipinski definition) is 2. The summed E-state index contributed by atoms with van der Waals surface area (Å²) in [5.41, 5.74) is 15.5. The molecule has 0 heterocycles. The van der Waals surface area contributed by atoms with Gasteiger partial charge in [-0.25, -0.2) is 4.99 Å². The van der Waals surface area contributed by atoms with E-state index in [1.165, 1.54) is 50.2 Å². The predicted molar refractivity (Wildman–Crippen MR) is 215 cm³/mol. The summed E-state index contributed by atoms with van der Waals surface area (Å²) in [6, 6.07) is 20.7. The number of aliphatic imine (C=N–C) groups is 1. The van der Waals surface area contributed by atoms with Crippen LogP contribution in [-0.4, -0.2) is 21.9 Å². The number of hydrogen-bond donors (Lipinski definition) is 1. The smallest absolute Gasteiger partial charge is 0.0956 e. The van der Waals surface area contributed by atoms with Crippen LogP contribution in [0.2, 0.25) is 44.4 Å². The van der Waals surface area contributed by atoms with E-state index >= 15 is 0 Å². The van der Waals surface area contributed by atoms with E-state index in [2.05, 4.69) is 167 Å². The normalized spacial score (nSPS) is 17.3. The van der Waals surface area contributed by atoms with Crippen LogP contribution in [0.3, 0.4) is 0 Å². The highest BCUT2D eigenvalue weighted by Crippen LogP contribution is 2.52. The SMILES string of the molecule is CC(C)c1cccc(C(C)C)c1N=C1C(Nc2c(C(C)C)cccc2C(C)C)=C2C=C[C@H](C([Si](C)(C)C)[Si](C)(C)C)c3cccc1c32. The van der Waals surface area contributed by atoms with Gasteiger partial charge in [0, 0.05) is 38.9 Å². The first-order valence-electron chi connectivity index (χ1n) is 18.1. The Morgan fingerprint density at radius 1 is 0.617 bits per heavy atom. The van der Waals surface area contributed by atoms with Crippen molar-refractivity contribution in [2.45, 2.75) is 129 Å². The maximum absolute atomic E-state index is 5.78. The first kappa shape index (κ1) is 35.4. The fourth-order valence-electron chi connectivity index (χ4n) is 8.69. The minimum atomic E-state index is -1.48. The van der Waals surface area contributed by atoms with Crippen LogP contribution in [0.5, 0.6) is 0 Å². The summed E-state index contributed by atoms with van der Waals surface area (Å²) in [6.45, 7) is 34.0. The molecule has 1 N–H and O–H groups in total. The van der Waals surface area contributed by atoms with E-state index in [-0.39, 0.29) is 0 Å². The van der Waals surface area contributed by atoms with E-state index in [1.807, 2.05) is 0 Å². The minimum Gasteiger partial charge on any atom is -0.353 e. The summed E-state index contributed by atoms with van der Waals surface area (Å²) in [5.74, 6) is 2.00. The average Bonchev–Trinajstić information content (AvgIpc) is 3.25. The number of rotatable bonds is 10. The molecular formula is C43H60N2Si2. The molecule has 0 bridgehead atoms. The number of anilines is 1. The first-order valence-corrected chi connectivity index (χ1v) is 25.3. The fraction of sp³-hybridized carbons (Fsp3) is 0.465. The summed E-state index contributed by atoms with van der Waals surface area (Å²) in [6.07, 6.45) is 5.05. The topological polar surface area (TPSA) is 24.4 Å². The van der Waals surface area contributed by atoms with Crippen LogP contribution in [0.15, 0.2) is 77.4 Å². The molecule has 5 rings (SSSR count). The molecule has 0 saturated carbocycles. The maximum atomic E-state index is 5.78. The van der Waals surface area contributed by atoms with Crippen molar-refractivity contribution in [1.29, 1.82) is 0 Å². The Balaban J connectivity index is 1.85. The molecule has 0 fully saturated rings. The van der Waals surface area contributed by atoms with E-state index in [0.29, 0.717) is 29.6 Å². The fourth-order valence-corrected chi connectivity index (χ4v) is 21.8. The third-order valence-corrected chi connectivity index (χ3v) is 20.0. The van der Waals surface area contributed by atoms with Crippen molar-refractivity contribution in [3.05, 3.63) is 111 Å². The first-order chi connectivity index (χ1) is 21.9. The summed E-state index contributed by atoms with van der Waals surface area (Å²) in [7, 11) is -2.97. The zero-order valence-electron chi connectivity index (χ0n) is 31.8. The second kappa shape index (κ2) is 13.2. The maximum Gasteiger partial charge on any atom is 0.0956 e. The largest absolute Gasteiger partial charge is 0.353 e. The van der Waals surface area contributed by atoms with E-state index in [1.54, 1.807) is 0 Å². The molecule has 0 aromatic heterocycles. The molecule has 3 aromatic carbocycles. The summed E-state index contributed by atoms with van der Waals surface area (Å²) >= 11 is 0. The summed E-state index contributed by atoms with van der Waals surface area (Å²) in [5, 5.41) is 4.87. The Kier molecular flexibility index (Phi) is 9.90. The second-order valence-electron chi connectivity index (χ2n) is 17.5. The molecule has 2 aliphatic rings. The number of nitrogens with zero attached hydrogens (tertiary/aromatic N) is 1. The Bertz CT molecular complexity index is 1670. The van der Waals surface area contributed by atoms with Crippen molar-refractivity contribution in [3.8, 4) is 0 Å². The van der Waals surface area contributed by atoms with Crippen LogP contribution in [0.25, 0.3) is 5.57 Å². The van der Waals surface area contributed by atoms with Gasteiger partial charge in [0.05, 0.1) is 17.1 Å². The number of benzene rings is 3. The van der Waals surface area contributed by atoms with Crippen molar-refractivity contribution in [1.82, 2.24) is 0 Å². The third kappa shape index (κ3) is 6.70. The molecule has 250 valence electrons. The lowest BCUT2D eigenvalue weighted by Gasteiger charge is -2.44. The van der Waals surface area contributed by atoms with Gasteiger partial charge in [0.15, 0.2) is 0 Å². The van der Waals surface area contributed by atoms with Gasteiger partial charge in [0.25, 0.3) is 0 Å². The standard InChI is InChI=1S/C43H60N2Si2/c1-26(2)30-18-15-19-31(27(3)4)39(30)44-41-36-23-17-22-34-35(43(46(9,10)11)47(12,13)14)24-25-37(38(34)36)42(41)45-40-32(28(5)6)20-16-21-33(40)29(7)8/h15-29,35,43H,1-14H3,(H,44,45)/t35-/m0/s1.